The largest absolute Gasteiger partial charge is 0.456 e. The predicted molar refractivity (Wildman–Crippen MR) is 270 cm³/mol. The van der Waals surface area contributed by atoms with E-state index in [1.54, 1.807) is 0 Å². The number of benzene rings is 10. The SMILES string of the molecule is c1ccc(-n2c3ccc4cc3c3cc(ccc32)[Si](c2ccccc2)(c2ccccc2)c2ccc3c(c2)c2cc(ccc2n3-c2ccccc2)-c2ccc3oc5ccc-4cc5c3c2)cc1. The molecule has 14 rings (SSSR count). The maximum absolute atomic E-state index is 6.50. The molecule has 0 N–H and O–H groups in total. The minimum atomic E-state index is -3.03. The third-order valence-corrected chi connectivity index (χ3v) is 18.7. The first-order valence-corrected chi connectivity index (χ1v) is 24.1. The fourth-order valence-electron chi connectivity index (χ4n) is 11.1. The molecule has 0 aliphatic carbocycles. The third-order valence-electron chi connectivity index (χ3n) is 14.0. The summed E-state index contributed by atoms with van der Waals surface area (Å²) >= 11 is 0. The Kier molecular flexibility index (Phi) is 7.42. The van der Waals surface area contributed by atoms with Crippen molar-refractivity contribution < 1.29 is 4.42 Å². The molecular formula is C60H38N2OSi. The van der Waals surface area contributed by atoms with Gasteiger partial charge >= 0.3 is 0 Å². The van der Waals surface area contributed by atoms with Gasteiger partial charge in [0, 0.05) is 43.7 Å². The van der Waals surface area contributed by atoms with Gasteiger partial charge in [0.1, 0.15) is 11.2 Å². The zero-order chi connectivity index (χ0) is 41.9. The van der Waals surface area contributed by atoms with Crippen molar-refractivity contribution in [2.45, 2.75) is 0 Å². The summed E-state index contributed by atoms with van der Waals surface area (Å²) in [4.78, 5) is 0. The van der Waals surface area contributed by atoms with Crippen LogP contribution < -0.4 is 20.7 Å². The van der Waals surface area contributed by atoms with Gasteiger partial charge in [-0.25, -0.2) is 0 Å². The van der Waals surface area contributed by atoms with Crippen LogP contribution in [0.4, 0.5) is 0 Å². The normalized spacial score (nSPS) is 13.1. The Labute approximate surface area is 370 Å². The smallest absolute Gasteiger partial charge is 0.179 e. The lowest BCUT2D eigenvalue weighted by atomic mass is 9.98. The molecule has 10 aromatic carbocycles. The number of rotatable bonds is 4. The zero-order valence-corrected chi connectivity index (χ0v) is 35.7. The van der Waals surface area contributed by atoms with Crippen molar-refractivity contribution in [3.05, 3.63) is 231 Å². The summed E-state index contributed by atoms with van der Waals surface area (Å²) in [5, 5.41) is 12.6. The highest BCUT2D eigenvalue weighted by Crippen LogP contribution is 2.40. The molecule has 1 aliphatic rings. The van der Waals surface area contributed by atoms with Crippen molar-refractivity contribution in [1.82, 2.24) is 9.13 Å². The van der Waals surface area contributed by atoms with E-state index in [1.165, 1.54) is 75.5 Å². The summed E-state index contributed by atoms with van der Waals surface area (Å²) in [6.45, 7) is 0. The van der Waals surface area contributed by atoms with Gasteiger partial charge in [-0.3, -0.25) is 0 Å². The standard InChI is InChI=1S/C60H38N2OSi/c1-5-13-43(14-6-1)61-55-27-21-39-33-49(55)51-37-47(25-29-57(51)61)64(45-17-9-3-10-18-45,46-19-11-4-12-20-46)48-26-30-58-52(38-48)50-34-40(22-28-56(50)62(58)44-15-7-2-8-16-44)42-24-32-60-54(36-42)53-35-41(39)23-31-59(53)63-60/h1-38H. The predicted octanol–water partition coefficient (Wildman–Crippen LogP) is 12.8. The number of nitrogens with zero attached hydrogens (tertiary/aromatic N) is 2. The Morgan fingerprint density at radius 3 is 1.00 bits per heavy atom. The molecule has 0 atom stereocenters. The van der Waals surface area contributed by atoms with E-state index in [0.717, 1.165) is 44.4 Å². The van der Waals surface area contributed by atoms with Crippen LogP contribution >= 0.6 is 0 Å². The molecule has 0 radical (unpaired) electrons. The van der Waals surface area contributed by atoms with Crippen molar-refractivity contribution in [2.75, 3.05) is 0 Å². The van der Waals surface area contributed by atoms with Crippen LogP contribution in [0.1, 0.15) is 0 Å². The Balaban J connectivity index is 1.18. The van der Waals surface area contributed by atoms with Gasteiger partial charge in [0.15, 0.2) is 8.07 Å². The van der Waals surface area contributed by atoms with Gasteiger partial charge in [-0.1, -0.05) is 146 Å². The van der Waals surface area contributed by atoms with Crippen LogP contribution in [0.3, 0.4) is 0 Å². The van der Waals surface area contributed by atoms with Crippen molar-refractivity contribution in [1.29, 1.82) is 0 Å². The number of para-hydroxylation sites is 2. The lowest BCUT2D eigenvalue weighted by Crippen LogP contribution is -2.74. The molecule has 64 heavy (non-hydrogen) atoms. The molecule has 0 saturated heterocycles. The van der Waals surface area contributed by atoms with Gasteiger partial charge in [0.25, 0.3) is 0 Å². The number of hydrogen-bond acceptors (Lipinski definition) is 1. The monoisotopic (exact) mass is 830 g/mol. The number of fused-ring (bicyclic) bond motifs is 8. The summed E-state index contributed by atoms with van der Waals surface area (Å²) < 4.78 is 11.4. The number of hydrogen-bond donors (Lipinski definition) is 0. The minimum Gasteiger partial charge on any atom is -0.456 e. The molecule has 4 heterocycles. The van der Waals surface area contributed by atoms with Crippen LogP contribution in [0, 0.1) is 0 Å². The molecule has 3 nitrogen and oxygen atoms in total. The van der Waals surface area contributed by atoms with E-state index < -0.39 is 8.07 Å². The van der Waals surface area contributed by atoms with E-state index in [1.807, 2.05) is 0 Å². The first kappa shape index (κ1) is 35.4. The molecule has 0 saturated carbocycles. The second-order valence-electron chi connectivity index (χ2n) is 17.3. The molecule has 1 aliphatic heterocycles. The zero-order valence-electron chi connectivity index (χ0n) is 34.7. The fourth-order valence-corrected chi connectivity index (χ4v) is 15.9. The average Bonchev–Trinajstić information content (AvgIpc) is 4.01. The van der Waals surface area contributed by atoms with E-state index in [9.17, 15) is 0 Å². The topological polar surface area (TPSA) is 23.0 Å². The molecule has 13 aromatic rings. The molecule has 0 amide bonds. The quantitative estimate of drug-likeness (QED) is 0.162. The maximum Gasteiger partial charge on any atom is 0.179 e. The van der Waals surface area contributed by atoms with Crippen LogP contribution in [-0.2, 0) is 0 Å². The van der Waals surface area contributed by atoms with E-state index in [4.69, 9.17) is 4.42 Å². The molecule has 12 bridgehead atoms. The van der Waals surface area contributed by atoms with Crippen molar-refractivity contribution >= 4 is 94.4 Å². The van der Waals surface area contributed by atoms with E-state index in [0.29, 0.717) is 0 Å². The van der Waals surface area contributed by atoms with Crippen LogP contribution in [0.5, 0.6) is 0 Å². The van der Waals surface area contributed by atoms with Crippen molar-refractivity contribution in [3.63, 3.8) is 0 Å². The van der Waals surface area contributed by atoms with Gasteiger partial charge in [-0.15, -0.1) is 0 Å². The Morgan fingerprint density at radius 1 is 0.266 bits per heavy atom. The second kappa shape index (κ2) is 13.4. The van der Waals surface area contributed by atoms with Crippen LogP contribution in [0.15, 0.2) is 235 Å². The highest BCUT2D eigenvalue weighted by Gasteiger charge is 2.42. The van der Waals surface area contributed by atoms with Gasteiger partial charge in [-0.2, -0.15) is 0 Å². The lowest BCUT2D eigenvalue weighted by molar-refractivity contribution is 0.669. The first-order chi connectivity index (χ1) is 31.7. The third kappa shape index (κ3) is 4.97. The summed E-state index contributed by atoms with van der Waals surface area (Å²) in [7, 11) is -3.03. The van der Waals surface area contributed by atoms with E-state index >= 15 is 0 Å². The van der Waals surface area contributed by atoms with Gasteiger partial charge in [-0.05, 0) is 128 Å². The Morgan fingerprint density at radius 2 is 0.594 bits per heavy atom. The Bertz CT molecular complexity index is 3730. The number of aromatic nitrogens is 2. The second-order valence-corrected chi connectivity index (χ2v) is 21.1. The van der Waals surface area contributed by atoms with Crippen molar-refractivity contribution in [2.24, 2.45) is 0 Å². The van der Waals surface area contributed by atoms with Crippen LogP contribution in [-0.4, -0.2) is 17.2 Å². The molecular weight excluding hydrogens is 793 g/mol. The van der Waals surface area contributed by atoms with E-state index in [-0.39, 0.29) is 0 Å². The van der Waals surface area contributed by atoms with E-state index in [2.05, 4.69) is 240 Å². The van der Waals surface area contributed by atoms with Crippen LogP contribution in [0.25, 0.3) is 99.2 Å². The maximum atomic E-state index is 6.50. The lowest BCUT2D eigenvalue weighted by Gasteiger charge is -2.34. The molecule has 0 unspecified atom stereocenters. The minimum absolute atomic E-state index is 0.894. The summed E-state index contributed by atoms with van der Waals surface area (Å²) in [6, 6.07) is 86.4. The summed E-state index contributed by atoms with van der Waals surface area (Å²) in [6.07, 6.45) is 0. The Hall–Kier alpha value is -8.18. The van der Waals surface area contributed by atoms with Gasteiger partial charge < -0.3 is 13.6 Å². The highest BCUT2D eigenvalue weighted by molar-refractivity contribution is 7.20. The van der Waals surface area contributed by atoms with Crippen LogP contribution in [0.2, 0.25) is 0 Å². The van der Waals surface area contributed by atoms with Gasteiger partial charge in [0.05, 0.1) is 22.1 Å². The molecule has 298 valence electrons. The molecule has 0 fully saturated rings. The summed E-state index contributed by atoms with van der Waals surface area (Å²) in [5.74, 6) is 0. The first-order valence-electron chi connectivity index (χ1n) is 22.1. The number of furan rings is 1. The highest BCUT2D eigenvalue weighted by atomic mass is 28.3. The molecule has 0 spiro atoms. The average molecular weight is 831 g/mol. The molecule has 3 aromatic heterocycles. The van der Waals surface area contributed by atoms with Crippen molar-refractivity contribution in [3.8, 4) is 33.6 Å². The fraction of sp³-hybridized carbons (Fsp3) is 0. The van der Waals surface area contributed by atoms with Gasteiger partial charge in [0.2, 0.25) is 0 Å². The molecule has 4 heteroatoms. The summed E-state index contributed by atoms with van der Waals surface area (Å²) in [5.41, 5.74) is 13.5.